The third-order valence-electron chi connectivity index (χ3n) is 2.13. The Bertz CT molecular complexity index is 584. The van der Waals surface area contributed by atoms with E-state index in [1.54, 1.807) is 18.2 Å². The Balaban J connectivity index is 3.06. The van der Waals surface area contributed by atoms with Gasteiger partial charge in [0.1, 0.15) is 6.07 Å². The van der Waals surface area contributed by atoms with Crippen molar-refractivity contribution < 1.29 is 4.79 Å². The number of rotatable bonds is 4. The fourth-order valence-corrected chi connectivity index (χ4v) is 1.31. The molecule has 0 unspecified atom stereocenters. The van der Waals surface area contributed by atoms with E-state index in [-0.39, 0.29) is 11.6 Å². The highest BCUT2D eigenvalue weighted by atomic mass is 16.1. The second-order valence-corrected chi connectivity index (χ2v) is 3.83. The minimum Gasteiger partial charge on any atom is -0.382 e. The number of nitrogens with one attached hydrogen (secondary N) is 3. The molecule has 19 heavy (non-hydrogen) atoms. The van der Waals surface area contributed by atoms with Gasteiger partial charge in [0.15, 0.2) is 5.84 Å². The third-order valence-corrected chi connectivity index (χ3v) is 2.13. The number of nitrogens with two attached hydrogens (primary N) is 1. The summed E-state index contributed by atoms with van der Waals surface area (Å²) in [5, 5.41) is 22.2. The van der Waals surface area contributed by atoms with Gasteiger partial charge in [-0.05, 0) is 24.6 Å². The maximum absolute atomic E-state index is 11.1. The van der Waals surface area contributed by atoms with E-state index in [9.17, 15) is 4.79 Å². The predicted molar refractivity (Wildman–Crippen MR) is 74.1 cm³/mol. The number of hydrogen-bond donors (Lipinski definition) is 4. The molecule has 7 nitrogen and oxygen atoms in total. The highest BCUT2D eigenvalue weighted by molar-refractivity contribution is 6.45. The van der Waals surface area contributed by atoms with E-state index in [2.05, 4.69) is 15.8 Å². The van der Waals surface area contributed by atoms with Gasteiger partial charge in [-0.1, -0.05) is 6.07 Å². The number of amidine groups is 1. The zero-order chi connectivity index (χ0) is 14.4. The zero-order valence-corrected chi connectivity index (χ0v) is 10.6. The van der Waals surface area contributed by atoms with E-state index >= 15 is 0 Å². The average Bonchev–Trinajstić information content (AvgIpc) is 2.32. The van der Waals surface area contributed by atoms with Crippen LogP contribution in [0.1, 0.15) is 12.5 Å². The lowest BCUT2D eigenvalue weighted by Gasteiger charge is -2.10. The second kappa shape index (κ2) is 6.16. The van der Waals surface area contributed by atoms with E-state index in [4.69, 9.17) is 16.4 Å². The molecule has 0 atom stereocenters. The number of hydrazone groups is 1. The number of aryl methyl sites for hydroxylation is 1. The summed E-state index contributed by atoms with van der Waals surface area (Å²) in [4.78, 5) is 11.1. The first kappa shape index (κ1) is 14.2. The fraction of sp³-hybridized carbons (Fsp3) is 0.167. The van der Waals surface area contributed by atoms with Crippen LogP contribution < -0.4 is 16.5 Å². The molecule has 5 N–H and O–H groups in total. The van der Waals surface area contributed by atoms with Gasteiger partial charge in [-0.3, -0.25) is 15.6 Å². The van der Waals surface area contributed by atoms with Gasteiger partial charge in [0.05, 0.1) is 11.4 Å². The van der Waals surface area contributed by atoms with Gasteiger partial charge in [-0.15, -0.1) is 0 Å². The monoisotopic (exact) mass is 258 g/mol. The fourth-order valence-electron chi connectivity index (χ4n) is 1.31. The molecular formula is C12H14N6O. The molecule has 0 aliphatic rings. The topological polar surface area (TPSA) is 127 Å². The Kier molecular flexibility index (Phi) is 4.60. The van der Waals surface area contributed by atoms with E-state index < -0.39 is 5.84 Å². The van der Waals surface area contributed by atoms with Gasteiger partial charge in [0.2, 0.25) is 11.6 Å². The Morgan fingerprint density at radius 3 is 2.68 bits per heavy atom. The van der Waals surface area contributed by atoms with Gasteiger partial charge >= 0.3 is 0 Å². The maximum Gasteiger partial charge on any atom is 0.221 e. The standard InChI is InChI=1S/C12H14N6O/c1-7-3-4-9(16-8(2)19)10(5-7)17-18-11(6-13)12(14)15/h3-5,17H,1-2H3,(H3,14,15)(H,16,19)/b18-11+. The van der Waals surface area contributed by atoms with Crippen molar-refractivity contribution >= 4 is 28.8 Å². The van der Waals surface area contributed by atoms with Crippen LogP contribution in [0, 0.1) is 23.7 Å². The summed E-state index contributed by atoms with van der Waals surface area (Å²) < 4.78 is 0. The van der Waals surface area contributed by atoms with Crippen molar-refractivity contribution in [3.8, 4) is 6.07 Å². The molecule has 98 valence electrons. The quantitative estimate of drug-likeness (QED) is 0.367. The molecule has 0 radical (unpaired) electrons. The number of hydrogen-bond acceptors (Lipinski definition) is 5. The van der Waals surface area contributed by atoms with Crippen LogP contribution in [-0.2, 0) is 4.79 Å². The summed E-state index contributed by atoms with van der Waals surface area (Å²) in [5.74, 6) is -0.647. The molecule has 0 aliphatic carbocycles. The van der Waals surface area contributed by atoms with Gasteiger partial charge in [0.25, 0.3) is 0 Å². The van der Waals surface area contributed by atoms with Crippen molar-refractivity contribution in [3.63, 3.8) is 0 Å². The summed E-state index contributed by atoms with van der Waals surface area (Å²) in [6.45, 7) is 3.27. The van der Waals surface area contributed by atoms with Gasteiger partial charge in [0, 0.05) is 6.92 Å². The molecule has 0 saturated carbocycles. The molecule has 0 spiro atoms. The molecule has 1 aromatic rings. The normalized spacial score (nSPS) is 10.5. The lowest BCUT2D eigenvalue weighted by Crippen LogP contribution is -2.22. The number of nitrogens with zero attached hydrogens (tertiary/aromatic N) is 2. The van der Waals surface area contributed by atoms with E-state index in [0.29, 0.717) is 11.4 Å². The first-order valence-electron chi connectivity index (χ1n) is 5.40. The van der Waals surface area contributed by atoms with Crippen LogP contribution in [-0.4, -0.2) is 17.5 Å². The number of benzene rings is 1. The first-order chi connectivity index (χ1) is 8.93. The Labute approximate surface area is 110 Å². The highest BCUT2D eigenvalue weighted by Crippen LogP contribution is 2.23. The van der Waals surface area contributed by atoms with E-state index in [1.807, 2.05) is 13.0 Å². The summed E-state index contributed by atoms with van der Waals surface area (Å²) in [6.07, 6.45) is 0. The minimum atomic E-state index is -0.427. The zero-order valence-electron chi connectivity index (χ0n) is 10.6. The second-order valence-electron chi connectivity index (χ2n) is 3.83. The summed E-state index contributed by atoms with van der Waals surface area (Å²) >= 11 is 0. The Morgan fingerprint density at radius 2 is 2.16 bits per heavy atom. The molecular weight excluding hydrogens is 244 g/mol. The summed E-state index contributed by atoms with van der Waals surface area (Å²) in [5.41, 5.74) is 9.58. The van der Waals surface area contributed by atoms with Crippen molar-refractivity contribution in [3.05, 3.63) is 23.8 Å². The lowest BCUT2D eigenvalue weighted by molar-refractivity contribution is -0.114. The smallest absolute Gasteiger partial charge is 0.221 e. The Hall–Kier alpha value is -2.88. The molecule has 0 saturated heterocycles. The number of amides is 1. The molecule has 0 aromatic heterocycles. The minimum absolute atomic E-state index is 0.219. The van der Waals surface area contributed by atoms with Gasteiger partial charge in [-0.2, -0.15) is 10.4 Å². The molecule has 1 rings (SSSR count). The SMILES string of the molecule is CC(=O)Nc1ccc(C)cc1N/N=C(\C#N)C(=N)N. The van der Waals surface area contributed by atoms with Crippen LogP contribution in [0.25, 0.3) is 0 Å². The molecule has 1 amide bonds. The highest BCUT2D eigenvalue weighted by Gasteiger charge is 2.05. The summed E-state index contributed by atoms with van der Waals surface area (Å²) in [6, 6.07) is 7.00. The summed E-state index contributed by atoms with van der Waals surface area (Å²) in [7, 11) is 0. The molecule has 0 bridgehead atoms. The van der Waals surface area contributed by atoms with Crippen LogP contribution in [0.4, 0.5) is 11.4 Å². The van der Waals surface area contributed by atoms with Crippen molar-refractivity contribution in [2.45, 2.75) is 13.8 Å². The Morgan fingerprint density at radius 1 is 1.47 bits per heavy atom. The number of carbonyl (C=O) groups excluding carboxylic acids is 1. The van der Waals surface area contributed by atoms with Gasteiger partial charge in [-0.25, -0.2) is 0 Å². The number of nitriles is 1. The lowest BCUT2D eigenvalue weighted by atomic mass is 10.2. The molecule has 0 heterocycles. The predicted octanol–water partition coefficient (Wildman–Crippen LogP) is 1.18. The molecule has 0 aliphatic heterocycles. The number of carbonyl (C=O) groups is 1. The third kappa shape index (κ3) is 4.12. The maximum atomic E-state index is 11.1. The van der Waals surface area contributed by atoms with Crippen molar-refractivity contribution in [2.24, 2.45) is 10.8 Å². The molecule has 0 fully saturated rings. The van der Waals surface area contributed by atoms with Crippen molar-refractivity contribution in [1.82, 2.24) is 0 Å². The van der Waals surface area contributed by atoms with Crippen LogP contribution in [0.3, 0.4) is 0 Å². The van der Waals surface area contributed by atoms with Gasteiger partial charge < -0.3 is 11.1 Å². The molecule has 7 heteroatoms. The van der Waals surface area contributed by atoms with E-state index in [1.165, 1.54) is 6.92 Å². The largest absolute Gasteiger partial charge is 0.382 e. The number of anilines is 2. The van der Waals surface area contributed by atoms with Crippen LogP contribution in [0.15, 0.2) is 23.3 Å². The van der Waals surface area contributed by atoms with Crippen molar-refractivity contribution in [1.29, 1.82) is 10.7 Å². The average molecular weight is 258 g/mol. The van der Waals surface area contributed by atoms with Crippen LogP contribution in [0.2, 0.25) is 0 Å². The van der Waals surface area contributed by atoms with Crippen molar-refractivity contribution in [2.75, 3.05) is 10.7 Å². The molecule has 1 aromatic carbocycles. The van der Waals surface area contributed by atoms with E-state index in [0.717, 1.165) is 5.56 Å². The first-order valence-corrected chi connectivity index (χ1v) is 5.40. The van der Waals surface area contributed by atoms with Crippen LogP contribution >= 0.6 is 0 Å². The van der Waals surface area contributed by atoms with Crippen LogP contribution in [0.5, 0.6) is 0 Å².